The summed E-state index contributed by atoms with van der Waals surface area (Å²) in [6, 6.07) is 9.76. The maximum atomic E-state index is 6.18. The SMILES string of the molecule is COc1c(C(C)(C)C)cc(C2C=CC=CC3=C2C=C(C)C3[SiH](C)C2C(C)=CC3=C2C=CC=CC3c2cc(C(C)(C)C)c(OC)c(C(C)(C)C)c2)cc1C(C)(C)C. The fourth-order valence-corrected chi connectivity index (χ4v) is 14.0. The van der Waals surface area contributed by atoms with Crippen LogP contribution in [0.2, 0.25) is 17.6 Å². The van der Waals surface area contributed by atoms with Crippen LogP contribution in [0.25, 0.3) is 0 Å². The molecule has 4 aliphatic rings. The Morgan fingerprint density at radius 3 is 1.04 bits per heavy atom. The van der Waals surface area contributed by atoms with Gasteiger partial charge in [0.05, 0.1) is 23.0 Å². The monoisotopic (exact) mass is 767 g/mol. The number of benzene rings is 2. The lowest BCUT2D eigenvalue weighted by atomic mass is 9.76. The third-order valence-electron chi connectivity index (χ3n) is 12.8. The quantitative estimate of drug-likeness (QED) is 0.273. The Kier molecular flexibility index (Phi) is 11.1. The van der Waals surface area contributed by atoms with Gasteiger partial charge in [-0.1, -0.05) is 186 Å². The highest BCUT2D eigenvalue weighted by Crippen LogP contribution is 2.55. The van der Waals surface area contributed by atoms with E-state index in [1.54, 1.807) is 0 Å². The fourth-order valence-electron chi connectivity index (χ4n) is 10.0. The van der Waals surface area contributed by atoms with Crippen molar-refractivity contribution in [1.29, 1.82) is 0 Å². The Hall–Kier alpha value is -3.82. The highest BCUT2D eigenvalue weighted by atomic mass is 28.3. The summed E-state index contributed by atoms with van der Waals surface area (Å²) in [7, 11) is 2.15. The molecule has 0 fully saturated rings. The molecule has 0 saturated heterocycles. The predicted molar refractivity (Wildman–Crippen MR) is 245 cm³/mol. The zero-order valence-corrected chi connectivity index (χ0v) is 38.9. The molecule has 56 heavy (non-hydrogen) atoms. The molecular formula is C53H70O2Si. The smallest absolute Gasteiger partial charge is 0.126 e. The normalized spacial score (nSPS) is 23.2. The van der Waals surface area contributed by atoms with Gasteiger partial charge in [0.25, 0.3) is 0 Å². The van der Waals surface area contributed by atoms with Crippen molar-refractivity contribution in [1.82, 2.24) is 0 Å². The van der Waals surface area contributed by atoms with Gasteiger partial charge in [-0.05, 0) is 80.0 Å². The Bertz CT molecular complexity index is 1920. The van der Waals surface area contributed by atoms with Crippen molar-refractivity contribution in [2.75, 3.05) is 14.2 Å². The Morgan fingerprint density at radius 2 is 0.768 bits per heavy atom. The van der Waals surface area contributed by atoms with Crippen LogP contribution in [0.1, 0.15) is 142 Å². The summed E-state index contributed by atoms with van der Waals surface area (Å²) in [5.74, 6) is 2.43. The molecule has 6 rings (SSSR count). The van der Waals surface area contributed by atoms with Gasteiger partial charge in [-0.3, -0.25) is 0 Å². The first-order valence-corrected chi connectivity index (χ1v) is 23.5. The summed E-state index contributed by atoms with van der Waals surface area (Å²) in [6.07, 6.45) is 24.0. The molecule has 0 aliphatic heterocycles. The number of ether oxygens (including phenoxy) is 2. The third kappa shape index (κ3) is 7.62. The molecule has 0 radical (unpaired) electrons. The van der Waals surface area contributed by atoms with E-state index in [-0.39, 0.29) is 33.5 Å². The van der Waals surface area contributed by atoms with Crippen LogP contribution < -0.4 is 9.47 Å². The Morgan fingerprint density at radius 1 is 0.464 bits per heavy atom. The molecule has 0 N–H and O–H groups in total. The van der Waals surface area contributed by atoms with Crippen LogP contribution in [0.15, 0.2) is 118 Å². The zero-order valence-electron chi connectivity index (χ0n) is 37.8. The van der Waals surface area contributed by atoms with Gasteiger partial charge in [0.15, 0.2) is 0 Å². The van der Waals surface area contributed by atoms with E-state index in [1.807, 2.05) is 14.2 Å². The first kappa shape index (κ1) is 41.8. The molecular weight excluding hydrogens is 697 g/mol. The molecule has 0 spiro atoms. The van der Waals surface area contributed by atoms with Crippen LogP contribution in [0.3, 0.4) is 0 Å². The lowest BCUT2D eigenvalue weighted by molar-refractivity contribution is 0.381. The minimum absolute atomic E-state index is 0.0538. The molecule has 0 saturated carbocycles. The molecule has 3 heteroatoms. The molecule has 0 aromatic heterocycles. The standard InChI is InChI=1S/C53H70O2Si/c1-32-26-40-36(34-28-42(50(3,4)5)46(54-15)43(29-34)51(6,7)8)22-18-20-24-38(40)48(32)56(17)49-33(2)27-41-37(23-19-21-25-39(41)49)35-30-44(52(9,10)11)47(55-16)45(31-35)53(12,13)14/h18-31,36-37,48-49,56H,1-17H3. The van der Waals surface area contributed by atoms with Gasteiger partial charge in [-0.25, -0.2) is 0 Å². The number of methoxy groups -OCH3 is 2. The molecule has 298 valence electrons. The van der Waals surface area contributed by atoms with E-state index in [1.165, 1.54) is 66.8 Å². The van der Waals surface area contributed by atoms with E-state index in [0.29, 0.717) is 11.1 Å². The highest BCUT2D eigenvalue weighted by molar-refractivity contribution is 6.64. The summed E-state index contributed by atoms with van der Waals surface area (Å²) in [5.41, 5.74) is 17.6. The van der Waals surface area contributed by atoms with Crippen LogP contribution >= 0.6 is 0 Å². The van der Waals surface area contributed by atoms with Crippen LogP contribution in [0, 0.1) is 0 Å². The minimum atomic E-state index is -1.52. The Labute approximate surface area is 342 Å². The van der Waals surface area contributed by atoms with Crippen LogP contribution in [0.5, 0.6) is 11.5 Å². The highest BCUT2D eigenvalue weighted by Gasteiger charge is 2.42. The molecule has 0 bridgehead atoms. The van der Waals surface area contributed by atoms with E-state index in [4.69, 9.17) is 9.47 Å². The maximum Gasteiger partial charge on any atom is 0.126 e. The van der Waals surface area contributed by atoms with E-state index in [2.05, 4.69) is 189 Å². The summed E-state index contributed by atoms with van der Waals surface area (Å²) in [5, 5.41) is 0. The zero-order chi connectivity index (χ0) is 41.3. The van der Waals surface area contributed by atoms with Crippen LogP contribution in [0.4, 0.5) is 0 Å². The van der Waals surface area contributed by atoms with Crippen molar-refractivity contribution in [2.45, 2.75) is 148 Å². The largest absolute Gasteiger partial charge is 0.496 e. The van der Waals surface area contributed by atoms with Gasteiger partial charge in [0, 0.05) is 34.1 Å². The summed E-state index contributed by atoms with van der Waals surface area (Å²) in [4.78, 5) is 0. The molecule has 4 unspecified atom stereocenters. The van der Waals surface area contributed by atoms with Gasteiger partial charge in [0.2, 0.25) is 0 Å². The summed E-state index contributed by atoms with van der Waals surface area (Å²) >= 11 is 0. The van der Waals surface area contributed by atoms with E-state index in [0.717, 1.165) is 11.5 Å². The molecule has 2 aromatic carbocycles. The van der Waals surface area contributed by atoms with Crippen LogP contribution in [-0.2, 0) is 21.7 Å². The van der Waals surface area contributed by atoms with Crippen molar-refractivity contribution < 1.29 is 9.47 Å². The van der Waals surface area contributed by atoms with Crippen molar-refractivity contribution in [3.63, 3.8) is 0 Å². The van der Waals surface area contributed by atoms with Gasteiger partial charge in [-0.15, -0.1) is 0 Å². The number of allylic oxidation sites excluding steroid dienone is 16. The van der Waals surface area contributed by atoms with E-state index in [9.17, 15) is 0 Å². The first-order valence-electron chi connectivity index (χ1n) is 21.0. The van der Waals surface area contributed by atoms with Crippen molar-refractivity contribution in [2.24, 2.45) is 0 Å². The summed E-state index contributed by atoms with van der Waals surface area (Å²) in [6.45, 7) is 35.2. The lowest BCUT2D eigenvalue weighted by Gasteiger charge is -2.32. The number of hydrogen-bond acceptors (Lipinski definition) is 2. The average molecular weight is 767 g/mol. The third-order valence-corrected chi connectivity index (χ3v) is 16.6. The van der Waals surface area contributed by atoms with Gasteiger partial charge < -0.3 is 9.47 Å². The molecule has 4 atom stereocenters. The average Bonchev–Trinajstić information content (AvgIpc) is 3.40. The second-order valence-corrected chi connectivity index (χ2v) is 24.2. The second-order valence-electron chi connectivity index (χ2n) is 21.2. The molecule has 4 aliphatic carbocycles. The minimum Gasteiger partial charge on any atom is -0.496 e. The fraction of sp³-hybridized carbons (Fsp3) is 0.472. The van der Waals surface area contributed by atoms with Crippen LogP contribution in [-0.4, -0.2) is 23.0 Å². The van der Waals surface area contributed by atoms with Crippen molar-refractivity contribution in [3.8, 4) is 11.5 Å². The van der Waals surface area contributed by atoms with E-state index >= 15 is 0 Å². The second kappa shape index (κ2) is 14.8. The predicted octanol–water partition coefficient (Wildman–Crippen LogP) is 14.1. The number of rotatable bonds is 6. The number of hydrogen-bond donors (Lipinski definition) is 0. The molecule has 0 amide bonds. The first-order chi connectivity index (χ1) is 26.0. The van der Waals surface area contributed by atoms with Gasteiger partial charge in [-0.2, -0.15) is 0 Å². The topological polar surface area (TPSA) is 18.5 Å². The van der Waals surface area contributed by atoms with Crippen molar-refractivity contribution >= 4 is 8.80 Å². The summed E-state index contributed by atoms with van der Waals surface area (Å²) < 4.78 is 12.4. The molecule has 2 aromatic rings. The van der Waals surface area contributed by atoms with E-state index < -0.39 is 8.80 Å². The van der Waals surface area contributed by atoms with Crippen molar-refractivity contribution in [3.05, 3.63) is 152 Å². The Balaban J connectivity index is 1.45. The lowest BCUT2D eigenvalue weighted by Crippen LogP contribution is -2.26. The van der Waals surface area contributed by atoms with Gasteiger partial charge in [0.1, 0.15) is 11.5 Å². The maximum absolute atomic E-state index is 6.18. The molecule has 2 nitrogen and oxygen atoms in total. The van der Waals surface area contributed by atoms with Gasteiger partial charge >= 0.3 is 0 Å². The molecule has 0 heterocycles.